The molecule has 4 heteroatoms. The van der Waals surface area contributed by atoms with E-state index in [4.69, 9.17) is 9.98 Å². The number of rotatable bonds is 3. The molecule has 22 heavy (non-hydrogen) atoms. The molecule has 1 atom stereocenters. The molecule has 0 aliphatic carbocycles. The smallest absolute Gasteiger partial charge is 0.114 e. The highest BCUT2D eigenvalue weighted by atomic mass is 32.1. The third-order valence-electron chi connectivity index (χ3n) is 4.83. The lowest BCUT2D eigenvalue weighted by Gasteiger charge is -2.30. The number of hydrogen-bond donors (Lipinski definition) is 0. The molecule has 118 valence electrons. The SMILES string of the molecule is C[C@H]1CCC(c2ccc3sc(C(C)(C)N(C)C)nc3c2)=NC1. The quantitative estimate of drug-likeness (QED) is 0.844. The second kappa shape index (κ2) is 5.74. The van der Waals surface area contributed by atoms with Gasteiger partial charge in [-0.2, -0.15) is 0 Å². The molecule has 3 nitrogen and oxygen atoms in total. The molecule has 2 aromatic rings. The van der Waals surface area contributed by atoms with Crippen molar-refractivity contribution in [3.05, 3.63) is 28.8 Å². The van der Waals surface area contributed by atoms with E-state index in [2.05, 4.69) is 58.0 Å². The van der Waals surface area contributed by atoms with Gasteiger partial charge in [0.1, 0.15) is 5.01 Å². The number of benzene rings is 1. The van der Waals surface area contributed by atoms with Gasteiger partial charge in [-0.15, -0.1) is 11.3 Å². The zero-order valence-electron chi connectivity index (χ0n) is 14.2. The first-order valence-electron chi connectivity index (χ1n) is 8.00. The summed E-state index contributed by atoms with van der Waals surface area (Å²) in [4.78, 5) is 11.9. The maximum Gasteiger partial charge on any atom is 0.114 e. The molecule has 3 rings (SSSR count). The molecule has 0 amide bonds. The molecular weight excluding hydrogens is 290 g/mol. The number of aliphatic imine (C=N–C) groups is 1. The minimum Gasteiger partial charge on any atom is -0.298 e. The molecule has 1 aromatic carbocycles. The van der Waals surface area contributed by atoms with Crippen LogP contribution in [0.3, 0.4) is 0 Å². The monoisotopic (exact) mass is 315 g/mol. The van der Waals surface area contributed by atoms with Crippen molar-refractivity contribution in [3.8, 4) is 0 Å². The molecule has 1 aliphatic heterocycles. The highest BCUT2D eigenvalue weighted by Crippen LogP contribution is 2.33. The van der Waals surface area contributed by atoms with E-state index in [1.54, 1.807) is 11.3 Å². The van der Waals surface area contributed by atoms with Gasteiger partial charge in [0.2, 0.25) is 0 Å². The van der Waals surface area contributed by atoms with Crippen molar-refractivity contribution in [3.63, 3.8) is 0 Å². The maximum absolute atomic E-state index is 4.90. The summed E-state index contributed by atoms with van der Waals surface area (Å²) in [5, 5.41) is 1.17. The molecule has 0 spiro atoms. The minimum absolute atomic E-state index is 0.0400. The Kier molecular flexibility index (Phi) is 4.08. The molecule has 1 aliphatic rings. The van der Waals surface area contributed by atoms with Crippen LogP contribution in [0.4, 0.5) is 0 Å². The molecular formula is C18H25N3S. The number of hydrogen-bond acceptors (Lipinski definition) is 4. The summed E-state index contributed by atoms with van der Waals surface area (Å²) in [6, 6.07) is 6.63. The third-order valence-corrected chi connectivity index (χ3v) is 6.18. The molecule has 0 saturated carbocycles. The second-order valence-corrected chi connectivity index (χ2v) is 8.12. The van der Waals surface area contributed by atoms with E-state index < -0.39 is 0 Å². The third kappa shape index (κ3) is 2.82. The normalized spacial score (nSPS) is 19.7. The maximum atomic E-state index is 4.90. The van der Waals surface area contributed by atoms with Crippen molar-refractivity contribution >= 4 is 27.3 Å². The Morgan fingerprint density at radius 1 is 1.27 bits per heavy atom. The van der Waals surface area contributed by atoms with Gasteiger partial charge in [0.05, 0.1) is 15.8 Å². The van der Waals surface area contributed by atoms with Gasteiger partial charge in [-0.1, -0.05) is 13.0 Å². The second-order valence-electron chi connectivity index (χ2n) is 7.09. The summed E-state index contributed by atoms with van der Waals surface area (Å²) in [6.07, 6.45) is 2.33. The van der Waals surface area contributed by atoms with Crippen LogP contribution in [0.2, 0.25) is 0 Å². The summed E-state index contributed by atoms with van der Waals surface area (Å²) in [5.74, 6) is 0.722. The lowest BCUT2D eigenvalue weighted by atomic mass is 9.96. The topological polar surface area (TPSA) is 28.5 Å². The van der Waals surface area contributed by atoms with Gasteiger partial charge in [0, 0.05) is 12.3 Å². The summed E-state index contributed by atoms with van der Waals surface area (Å²) in [5.41, 5.74) is 3.57. The van der Waals surface area contributed by atoms with E-state index in [-0.39, 0.29) is 5.54 Å². The summed E-state index contributed by atoms with van der Waals surface area (Å²) < 4.78 is 1.26. The fourth-order valence-electron chi connectivity index (χ4n) is 2.62. The van der Waals surface area contributed by atoms with Crippen LogP contribution < -0.4 is 0 Å². The summed E-state index contributed by atoms with van der Waals surface area (Å²) in [6.45, 7) is 7.68. The standard InChI is InChI=1S/C18H25N3S/c1-12-6-8-14(19-11-12)13-7-9-16-15(10-13)20-17(22-16)18(2,3)21(4)5/h7,9-10,12H,6,8,11H2,1-5H3/t12-/m0/s1. The Morgan fingerprint density at radius 3 is 2.68 bits per heavy atom. The number of thiazole rings is 1. The van der Waals surface area contributed by atoms with E-state index >= 15 is 0 Å². The van der Waals surface area contributed by atoms with Crippen LogP contribution in [0, 0.1) is 5.92 Å². The van der Waals surface area contributed by atoms with Crippen LogP contribution in [0.15, 0.2) is 23.2 Å². The fraction of sp³-hybridized carbons (Fsp3) is 0.556. The minimum atomic E-state index is -0.0400. The Labute approximate surface area is 137 Å². The van der Waals surface area contributed by atoms with Crippen molar-refractivity contribution in [2.24, 2.45) is 10.9 Å². The van der Waals surface area contributed by atoms with E-state index in [1.807, 2.05) is 0 Å². The predicted octanol–water partition coefficient (Wildman–Crippen LogP) is 4.31. The van der Waals surface area contributed by atoms with Gasteiger partial charge in [-0.3, -0.25) is 9.89 Å². The lowest BCUT2D eigenvalue weighted by molar-refractivity contribution is 0.197. The van der Waals surface area contributed by atoms with Crippen molar-refractivity contribution in [1.29, 1.82) is 0 Å². The number of aromatic nitrogens is 1. The van der Waals surface area contributed by atoms with Crippen molar-refractivity contribution in [2.45, 2.75) is 39.2 Å². The van der Waals surface area contributed by atoms with Gasteiger partial charge >= 0.3 is 0 Å². The molecule has 0 N–H and O–H groups in total. The van der Waals surface area contributed by atoms with Crippen molar-refractivity contribution < 1.29 is 0 Å². The molecule has 1 aromatic heterocycles. The first-order chi connectivity index (χ1) is 10.4. The lowest BCUT2D eigenvalue weighted by Crippen LogP contribution is -2.35. The zero-order valence-corrected chi connectivity index (χ0v) is 15.0. The predicted molar refractivity (Wildman–Crippen MR) is 96.1 cm³/mol. The fourth-order valence-corrected chi connectivity index (χ4v) is 3.74. The first-order valence-corrected chi connectivity index (χ1v) is 8.82. The number of fused-ring (bicyclic) bond motifs is 1. The molecule has 0 fully saturated rings. The summed E-state index contributed by atoms with van der Waals surface area (Å²) in [7, 11) is 4.21. The van der Waals surface area contributed by atoms with Gasteiger partial charge in [-0.25, -0.2) is 4.98 Å². The van der Waals surface area contributed by atoms with Gasteiger partial charge in [-0.05, 0) is 64.4 Å². The molecule has 2 heterocycles. The number of nitrogens with zero attached hydrogens (tertiary/aromatic N) is 3. The Balaban J connectivity index is 1.97. The Morgan fingerprint density at radius 2 is 2.05 bits per heavy atom. The van der Waals surface area contributed by atoms with Crippen LogP contribution in [-0.2, 0) is 5.54 Å². The average Bonchev–Trinajstić information content (AvgIpc) is 2.91. The largest absolute Gasteiger partial charge is 0.298 e. The van der Waals surface area contributed by atoms with Crippen molar-refractivity contribution in [1.82, 2.24) is 9.88 Å². The Bertz CT molecular complexity index is 712. The summed E-state index contributed by atoms with van der Waals surface area (Å²) >= 11 is 1.80. The zero-order chi connectivity index (χ0) is 15.9. The van der Waals surface area contributed by atoms with Gasteiger partial charge in [0.25, 0.3) is 0 Å². The van der Waals surface area contributed by atoms with E-state index in [0.29, 0.717) is 0 Å². The van der Waals surface area contributed by atoms with Crippen molar-refractivity contribution in [2.75, 3.05) is 20.6 Å². The molecule has 0 radical (unpaired) electrons. The van der Waals surface area contributed by atoms with Crippen LogP contribution in [0.1, 0.15) is 44.2 Å². The molecule has 0 saturated heterocycles. The van der Waals surface area contributed by atoms with E-state index in [9.17, 15) is 0 Å². The van der Waals surface area contributed by atoms with Crippen LogP contribution >= 0.6 is 11.3 Å². The highest BCUT2D eigenvalue weighted by Gasteiger charge is 2.27. The average molecular weight is 315 g/mol. The van der Waals surface area contributed by atoms with Gasteiger partial charge in [0.15, 0.2) is 0 Å². The molecule has 0 unspecified atom stereocenters. The molecule has 0 bridgehead atoms. The Hall–Kier alpha value is -1.26. The van der Waals surface area contributed by atoms with Gasteiger partial charge < -0.3 is 0 Å². The highest BCUT2D eigenvalue weighted by molar-refractivity contribution is 7.18. The van der Waals surface area contributed by atoms with E-state index in [0.717, 1.165) is 24.4 Å². The van der Waals surface area contributed by atoms with Crippen LogP contribution in [0.5, 0.6) is 0 Å². The van der Waals surface area contributed by atoms with E-state index in [1.165, 1.54) is 27.4 Å². The van der Waals surface area contributed by atoms with Crippen LogP contribution in [0.25, 0.3) is 10.2 Å². The first kappa shape index (κ1) is 15.6. The van der Waals surface area contributed by atoms with Crippen LogP contribution in [-0.4, -0.2) is 36.2 Å².